The number of piperazine rings is 1. The summed E-state index contributed by atoms with van der Waals surface area (Å²) in [5.41, 5.74) is 2.33. The van der Waals surface area contributed by atoms with Gasteiger partial charge in [-0.3, -0.25) is 9.88 Å². The first-order valence-electron chi connectivity index (χ1n) is 7.42. The molecule has 1 aliphatic rings. The molecule has 3 nitrogen and oxygen atoms in total. The van der Waals surface area contributed by atoms with E-state index in [0.29, 0.717) is 18.1 Å². The van der Waals surface area contributed by atoms with Crippen LogP contribution in [0.5, 0.6) is 0 Å². The first kappa shape index (κ1) is 16.0. The second-order valence-corrected chi connectivity index (χ2v) is 5.31. The van der Waals surface area contributed by atoms with Crippen LogP contribution in [0.4, 0.5) is 5.69 Å². The van der Waals surface area contributed by atoms with Gasteiger partial charge in [-0.2, -0.15) is 0 Å². The Hall–Kier alpha value is -1.09. The fraction of sp³-hybridized carbons (Fsp3) is 0.688. The highest BCUT2D eigenvalue weighted by molar-refractivity contribution is 5.46. The summed E-state index contributed by atoms with van der Waals surface area (Å²) in [7, 11) is 2.22. The molecule has 0 N–H and O–H groups in total. The van der Waals surface area contributed by atoms with E-state index >= 15 is 0 Å². The summed E-state index contributed by atoms with van der Waals surface area (Å²) < 4.78 is 0. The van der Waals surface area contributed by atoms with Gasteiger partial charge in [-0.05, 0) is 46.9 Å². The largest absolute Gasteiger partial charge is 0.364 e. The van der Waals surface area contributed by atoms with E-state index < -0.39 is 0 Å². The highest BCUT2D eigenvalue weighted by Crippen LogP contribution is 2.25. The van der Waals surface area contributed by atoms with Crippen LogP contribution in [0.25, 0.3) is 0 Å². The third-order valence-corrected chi connectivity index (χ3v) is 4.22. The van der Waals surface area contributed by atoms with E-state index in [4.69, 9.17) is 0 Å². The van der Waals surface area contributed by atoms with Crippen molar-refractivity contribution in [3.63, 3.8) is 0 Å². The second kappa shape index (κ2) is 6.90. The van der Waals surface area contributed by atoms with Crippen LogP contribution in [0, 0.1) is 6.92 Å². The number of rotatable bonds is 1. The Morgan fingerprint density at radius 1 is 1.11 bits per heavy atom. The fourth-order valence-electron chi connectivity index (χ4n) is 2.55. The molecule has 3 unspecified atom stereocenters. The van der Waals surface area contributed by atoms with E-state index in [1.807, 2.05) is 27.0 Å². The van der Waals surface area contributed by atoms with Gasteiger partial charge in [-0.1, -0.05) is 13.8 Å². The van der Waals surface area contributed by atoms with Crippen molar-refractivity contribution in [2.75, 3.05) is 18.5 Å². The molecule has 0 spiro atoms. The quantitative estimate of drug-likeness (QED) is 0.774. The van der Waals surface area contributed by atoms with Gasteiger partial charge in [0.25, 0.3) is 0 Å². The minimum absolute atomic E-state index is 0.528. The van der Waals surface area contributed by atoms with Crippen molar-refractivity contribution in [2.24, 2.45) is 0 Å². The molecule has 1 aliphatic heterocycles. The number of anilines is 1. The topological polar surface area (TPSA) is 19.4 Å². The van der Waals surface area contributed by atoms with Gasteiger partial charge in [-0.25, -0.2) is 0 Å². The van der Waals surface area contributed by atoms with Gasteiger partial charge in [-0.15, -0.1) is 0 Å². The average Bonchev–Trinajstić information content (AvgIpc) is 2.44. The third kappa shape index (κ3) is 3.47. The molecule has 0 radical (unpaired) electrons. The lowest BCUT2D eigenvalue weighted by molar-refractivity contribution is 0.139. The van der Waals surface area contributed by atoms with Crippen molar-refractivity contribution in [2.45, 2.75) is 59.7 Å². The summed E-state index contributed by atoms with van der Waals surface area (Å²) in [6.07, 6.45) is 2.00. The molecule has 1 aromatic heterocycles. The van der Waals surface area contributed by atoms with Crippen LogP contribution < -0.4 is 4.90 Å². The molecule has 0 saturated carbocycles. The maximum Gasteiger partial charge on any atom is 0.0556 e. The zero-order valence-corrected chi connectivity index (χ0v) is 13.5. The lowest BCUT2D eigenvalue weighted by Crippen LogP contribution is -2.60. The van der Waals surface area contributed by atoms with Gasteiger partial charge >= 0.3 is 0 Å². The summed E-state index contributed by atoms with van der Waals surface area (Å²) in [5, 5.41) is 0. The van der Waals surface area contributed by atoms with Crippen molar-refractivity contribution < 1.29 is 0 Å². The highest BCUT2D eigenvalue weighted by Gasteiger charge is 2.32. The van der Waals surface area contributed by atoms with Gasteiger partial charge in [0.2, 0.25) is 0 Å². The predicted octanol–water partition coefficient (Wildman–Crippen LogP) is 3.33. The Morgan fingerprint density at radius 2 is 1.74 bits per heavy atom. The SMILES string of the molecule is CC.Cc1ccc(N2CC(C)N(C)C(C)C2C)cn1. The smallest absolute Gasteiger partial charge is 0.0556 e. The van der Waals surface area contributed by atoms with E-state index in [0.717, 1.165) is 12.2 Å². The number of nitrogens with zero attached hydrogens (tertiary/aromatic N) is 3. The molecular formula is C16H29N3. The Labute approximate surface area is 118 Å². The molecule has 3 atom stereocenters. The number of aromatic nitrogens is 1. The van der Waals surface area contributed by atoms with Crippen molar-refractivity contribution in [3.8, 4) is 0 Å². The number of likely N-dealkylation sites (N-methyl/N-ethyl adjacent to an activating group) is 1. The molecular weight excluding hydrogens is 234 g/mol. The molecule has 0 aromatic carbocycles. The zero-order valence-electron chi connectivity index (χ0n) is 13.5. The molecule has 0 aliphatic carbocycles. The van der Waals surface area contributed by atoms with Crippen LogP contribution in [-0.2, 0) is 0 Å². The second-order valence-electron chi connectivity index (χ2n) is 5.31. The van der Waals surface area contributed by atoms with Crippen LogP contribution >= 0.6 is 0 Å². The molecule has 0 bridgehead atoms. The maximum atomic E-state index is 4.40. The molecule has 19 heavy (non-hydrogen) atoms. The molecule has 1 aromatic rings. The molecule has 0 amide bonds. The molecule has 108 valence electrons. The molecule has 2 heterocycles. The first-order valence-corrected chi connectivity index (χ1v) is 7.42. The Kier molecular flexibility index (Phi) is 5.80. The Balaban J connectivity index is 0.000000861. The summed E-state index contributed by atoms with van der Waals surface area (Å²) in [4.78, 5) is 9.34. The van der Waals surface area contributed by atoms with E-state index in [9.17, 15) is 0 Å². The lowest BCUT2D eigenvalue weighted by Gasteiger charge is -2.48. The highest BCUT2D eigenvalue weighted by atomic mass is 15.3. The average molecular weight is 263 g/mol. The predicted molar refractivity (Wildman–Crippen MR) is 83.8 cm³/mol. The summed E-state index contributed by atoms with van der Waals surface area (Å²) in [6.45, 7) is 14.0. The zero-order chi connectivity index (χ0) is 14.6. The normalized spacial score (nSPS) is 27.7. The number of hydrogen-bond acceptors (Lipinski definition) is 3. The van der Waals surface area contributed by atoms with Gasteiger partial charge in [0, 0.05) is 30.4 Å². The van der Waals surface area contributed by atoms with Crippen molar-refractivity contribution >= 4 is 5.69 Å². The molecule has 1 saturated heterocycles. The Bertz CT molecular complexity index is 374. The standard InChI is InChI=1S/C14H23N3.C2H6/c1-10-6-7-14(8-15-10)17-9-11(2)16(5)12(3)13(17)4;1-2/h6-8,11-13H,9H2,1-5H3;1-2H3. The third-order valence-electron chi connectivity index (χ3n) is 4.22. The van der Waals surface area contributed by atoms with Gasteiger partial charge in [0.15, 0.2) is 0 Å². The van der Waals surface area contributed by atoms with Gasteiger partial charge in [0.05, 0.1) is 11.9 Å². The van der Waals surface area contributed by atoms with Crippen LogP contribution in [0.3, 0.4) is 0 Å². The fourth-order valence-corrected chi connectivity index (χ4v) is 2.55. The van der Waals surface area contributed by atoms with Gasteiger partial charge < -0.3 is 4.90 Å². The number of aryl methyl sites for hydroxylation is 1. The van der Waals surface area contributed by atoms with Crippen molar-refractivity contribution in [1.29, 1.82) is 0 Å². The molecule has 2 rings (SSSR count). The van der Waals surface area contributed by atoms with E-state index in [2.05, 4.69) is 54.7 Å². The lowest BCUT2D eigenvalue weighted by atomic mass is 10.0. The van der Waals surface area contributed by atoms with Crippen LogP contribution in [0.1, 0.15) is 40.3 Å². The van der Waals surface area contributed by atoms with Crippen LogP contribution in [0.15, 0.2) is 18.3 Å². The number of pyridine rings is 1. The summed E-state index contributed by atoms with van der Waals surface area (Å²) >= 11 is 0. The van der Waals surface area contributed by atoms with E-state index in [1.54, 1.807) is 0 Å². The van der Waals surface area contributed by atoms with E-state index in [-0.39, 0.29) is 0 Å². The van der Waals surface area contributed by atoms with Crippen LogP contribution in [-0.4, -0.2) is 41.6 Å². The van der Waals surface area contributed by atoms with Crippen LogP contribution in [0.2, 0.25) is 0 Å². The monoisotopic (exact) mass is 263 g/mol. The maximum absolute atomic E-state index is 4.40. The van der Waals surface area contributed by atoms with E-state index in [1.165, 1.54) is 5.69 Å². The number of hydrogen-bond donors (Lipinski definition) is 0. The summed E-state index contributed by atoms with van der Waals surface area (Å²) in [6, 6.07) is 5.96. The van der Waals surface area contributed by atoms with Crippen molar-refractivity contribution in [1.82, 2.24) is 9.88 Å². The molecule has 3 heteroatoms. The minimum atomic E-state index is 0.528. The minimum Gasteiger partial charge on any atom is -0.364 e. The first-order chi connectivity index (χ1) is 9.00. The van der Waals surface area contributed by atoms with Gasteiger partial charge in [0.1, 0.15) is 0 Å². The summed E-state index contributed by atoms with van der Waals surface area (Å²) in [5.74, 6) is 0. The van der Waals surface area contributed by atoms with Crippen molar-refractivity contribution in [3.05, 3.63) is 24.0 Å². The molecule has 1 fully saturated rings. The Morgan fingerprint density at radius 3 is 2.26 bits per heavy atom.